The largest absolute Gasteiger partial charge is 0.327 e. The van der Waals surface area contributed by atoms with Gasteiger partial charge in [-0.1, -0.05) is 44.2 Å². The molecule has 0 aliphatic heterocycles. The molecule has 0 saturated heterocycles. The molecular formula is C17H25NS. The minimum absolute atomic E-state index is 0.386. The fraction of sp³-hybridized carbons (Fsp3) is 0.647. The molecule has 0 unspecified atom stereocenters. The molecule has 0 aromatic heterocycles. The first-order chi connectivity index (χ1) is 9.06. The Kier molecular flexibility index (Phi) is 3.43. The maximum atomic E-state index is 6.50. The Morgan fingerprint density at radius 3 is 2.58 bits per heavy atom. The van der Waals surface area contributed by atoms with Crippen LogP contribution in [0.3, 0.4) is 0 Å². The van der Waals surface area contributed by atoms with Gasteiger partial charge in [0.05, 0.1) is 0 Å². The number of fused-ring (bicyclic) bond motifs is 2. The molecule has 3 rings (SSSR count). The molecule has 2 aliphatic carbocycles. The van der Waals surface area contributed by atoms with Crippen molar-refractivity contribution in [3.05, 3.63) is 35.9 Å². The zero-order valence-electron chi connectivity index (χ0n) is 12.1. The number of hydrogen-bond donors (Lipinski definition) is 1. The van der Waals surface area contributed by atoms with Gasteiger partial charge >= 0.3 is 0 Å². The van der Waals surface area contributed by atoms with Crippen molar-refractivity contribution in [2.75, 3.05) is 5.75 Å². The van der Waals surface area contributed by atoms with Gasteiger partial charge in [0.2, 0.25) is 0 Å². The number of nitrogens with two attached hydrogens (primary N) is 1. The van der Waals surface area contributed by atoms with Crippen LogP contribution in [0.2, 0.25) is 0 Å². The van der Waals surface area contributed by atoms with Crippen molar-refractivity contribution in [3.8, 4) is 0 Å². The lowest BCUT2D eigenvalue weighted by atomic mass is 9.69. The molecule has 1 aromatic rings. The van der Waals surface area contributed by atoms with E-state index in [0.29, 0.717) is 16.9 Å². The summed E-state index contributed by atoms with van der Waals surface area (Å²) in [5.74, 6) is 3.21. The van der Waals surface area contributed by atoms with Gasteiger partial charge in [-0.2, -0.15) is 11.8 Å². The van der Waals surface area contributed by atoms with Gasteiger partial charge in [-0.25, -0.2) is 0 Å². The van der Waals surface area contributed by atoms with Crippen molar-refractivity contribution in [2.45, 2.75) is 44.9 Å². The van der Waals surface area contributed by atoms with Crippen LogP contribution in [0.5, 0.6) is 0 Å². The Balaban J connectivity index is 1.66. The van der Waals surface area contributed by atoms with Crippen LogP contribution in [-0.4, -0.2) is 11.8 Å². The third kappa shape index (κ3) is 2.04. The Bertz CT molecular complexity index is 442. The predicted octanol–water partition coefficient (Wildman–Crippen LogP) is 4.07. The van der Waals surface area contributed by atoms with Gasteiger partial charge in [0.25, 0.3) is 0 Å². The second kappa shape index (κ2) is 4.82. The highest BCUT2D eigenvalue weighted by Gasteiger charge is 2.62. The summed E-state index contributed by atoms with van der Waals surface area (Å²) >= 11 is 2.08. The molecule has 3 atom stereocenters. The van der Waals surface area contributed by atoms with E-state index in [1.165, 1.54) is 30.6 Å². The molecular weight excluding hydrogens is 250 g/mol. The van der Waals surface area contributed by atoms with E-state index in [2.05, 4.69) is 55.9 Å². The molecule has 1 aromatic carbocycles. The van der Waals surface area contributed by atoms with Crippen LogP contribution in [0.15, 0.2) is 30.3 Å². The van der Waals surface area contributed by atoms with E-state index in [9.17, 15) is 0 Å². The van der Waals surface area contributed by atoms with E-state index in [4.69, 9.17) is 5.73 Å². The van der Waals surface area contributed by atoms with Crippen molar-refractivity contribution in [1.29, 1.82) is 0 Å². The molecule has 19 heavy (non-hydrogen) atoms. The van der Waals surface area contributed by atoms with Gasteiger partial charge in [-0.05, 0) is 41.6 Å². The van der Waals surface area contributed by atoms with Crippen LogP contribution in [-0.2, 0) is 5.75 Å². The number of thioether (sulfide) groups is 1. The van der Waals surface area contributed by atoms with Gasteiger partial charge in [0.15, 0.2) is 0 Å². The van der Waals surface area contributed by atoms with Gasteiger partial charge in [0.1, 0.15) is 0 Å². The van der Waals surface area contributed by atoms with Crippen molar-refractivity contribution < 1.29 is 0 Å². The summed E-state index contributed by atoms with van der Waals surface area (Å²) in [4.78, 5) is 0. The van der Waals surface area contributed by atoms with Crippen molar-refractivity contribution in [3.63, 3.8) is 0 Å². The van der Waals surface area contributed by atoms with Crippen LogP contribution in [0, 0.1) is 16.7 Å². The molecule has 2 bridgehead atoms. The second-order valence-corrected chi connectivity index (χ2v) is 7.92. The zero-order chi connectivity index (χ0) is 13.5. The fourth-order valence-corrected chi connectivity index (χ4v) is 6.04. The maximum absolute atomic E-state index is 6.50. The van der Waals surface area contributed by atoms with Gasteiger partial charge in [-0.3, -0.25) is 0 Å². The number of rotatable bonds is 4. The third-order valence-electron chi connectivity index (χ3n) is 5.96. The maximum Gasteiger partial charge on any atom is 0.0184 e. The highest BCUT2D eigenvalue weighted by atomic mass is 32.2. The van der Waals surface area contributed by atoms with Crippen LogP contribution < -0.4 is 5.73 Å². The normalized spacial score (nSPS) is 35.7. The summed E-state index contributed by atoms with van der Waals surface area (Å²) in [7, 11) is 0. The summed E-state index contributed by atoms with van der Waals surface area (Å²) in [6, 6.07) is 11.2. The van der Waals surface area contributed by atoms with E-state index in [1.807, 2.05) is 0 Å². The van der Waals surface area contributed by atoms with Gasteiger partial charge in [-0.15, -0.1) is 0 Å². The lowest BCUT2D eigenvalue weighted by molar-refractivity contribution is 0.142. The number of hydrogen-bond acceptors (Lipinski definition) is 2. The zero-order valence-corrected chi connectivity index (χ0v) is 12.9. The summed E-state index contributed by atoms with van der Waals surface area (Å²) in [6.07, 6.45) is 3.99. The van der Waals surface area contributed by atoms with E-state index < -0.39 is 0 Å². The minimum atomic E-state index is 0.386. The molecule has 0 radical (unpaired) electrons. The Hall–Kier alpha value is -0.470. The lowest BCUT2D eigenvalue weighted by Crippen LogP contribution is -2.45. The standard InChI is InChI=1S/C17H25NS/c1-16(2)14-8-9-17(16,15(18)10-14)12-19-11-13-6-4-3-5-7-13/h3-7,14-15H,8-12,18H2,1-2H3/t14-,15-,17-/m1/s1. The molecule has 0 amide bonds. The second-order valence-electron chi connectivity index (χ2n) is 6.93. The van der Waals surface area contributed by atoms with E-state index in [0.717, 1.165) is 11.7 Å². The monoisotopic (exact) mass is 275 g/mol. The topological polar surface area (TPSA) is 26.0 Å². The Morgan fingerprint density at radius 1 is 1.26 bits per heavy atom. The van der Waals surface area contributed by atoms with Gasteiger partial charge < -0.3 is 5.73 Å². The quantitative estimate of drug-likeness (QED) is 0.896. The molecule has 2 N–H and O–H groups in total. The van der Waals surface area contributed by atoms with Crippen LogP contribution in [0.1, 0.15) is 38.7 Å². The summed E-state index contributed by atoms with van der Waals surface area (Å²) in [5, 5.41) is 0. The minimum Gasteiger partial charge on any atom is -0.327 e. The highest BCUT2D eigenvalue weighted by Crippen LogP contribution is 2.66. The number of benzene rings is 1. The Labute approximate surface area is 121 Å². The van der Waals surface area contributed by atoms with E-state index in [-0.39, 0.29) is 0 Å². The average Bonchev–Trinajstić information content (AvgIpc) is 2.74. The highest BCUT2D eigenvalue weighted by molar-refractivity contribution is 7.98. The molecule has 2 heteroatoms. The molecule has 0 heterocycles. The Morgan fingerprint density at radius 2 is 2.00 bits per heavy atom. The average molecular weight is 275 g/mol. The van der Waals surface area contributed by atoms with E-state index in [1.54, 1.807) is 0 Å². The summed E-state index contributed by atoms with van der Waals surface area (Å²) < 4.78 is 0. The first-order valence-electron chi connectivity index (χ1n) is 7.43. The van der Waals surface area contributed by atoms with Gasteiger partial charge in [0, 0.05) is 17.5 Å². The van der Waals surface area contributed by atoms with E-state index >= 15 is 0 Å². The molecule has 104 valence electrons. The first kappa shape index (κ1) is 13.5. The molecule has 0 spiro atoms. The van der Waals surface area contributed by atoms with Crippen LogP contribution in [0.4, 0.5) is 0 Å². The third-order valence-corrected chi connectivity index (χ3v) is 7.22. The SMILES string of the molecule is CC1(C)[C@@H]2CC[C@@]1(CSCc1ccccc1)[C@H](N)C2. The first-order valence-corrected chi connectivity index (χ1v) is 8.59. The predicted molar refractivity (Wildman–Crippen MR) is 84.1 cm³/mol. The van der Waals surface area contributed by atoms with Crippen LogP contribution >= 0.6 is 11.8 Å². The smallest absolute Gasteiger partial charge is 0.0184 e. The molecule has 2 aliphatic rings. The molecule has 2 fully saturated rings. The molecule has 1 nitrogen and oxygen atoms in total. The fourth-order valence-electron chi connectivity index (χ4n) is 4.42. The molecule has 2 saturated carbocycles. The summed E-state index contributed by atoms with van der Waals surface area (Å²) in [5.41, 5.74) is 8.76. The van der Waals surface area contributed by atoms with Crippen molar-refractivity contribution >= 4 is 11.8 Å². The van der Waals surface area contributed by atoms with Crippen molar-refractivity contribution in [2.24, 2.45) is 22.5 Å². The van der Waals surface area contributed by atoms with Crippen LogP contribution in [0.25, 0.3) is 0 Å². The summed E-state index contributed by atoms with van der Waals surface area (Å²) in [6.45, 7) is 4.92. The lowest BCUT2D eigenvalue weighted by Gasteiger charge is -2.41. The van der Waals surface area contributed by atoms with Crippen molar-refractivity contribution in [1.82, 2.24) is 0 Å².